The minimum absolute atomic E-state index is 0.0805. The minimum atomic E-state index is -0.781. The number of allylic oxidation sites excluding steroid dienone is 16. The molecule has 1 unspecified atom stereocenters. The van der Waals surface area contributed by atoms with Crippen LogP contribution in [-0.4, -0.2) is 37.2 Å². The molecule has 0 aromatic heterocycles. The second kappa shape index (κ2) is 62.9. The summed E-state index contributed by atoms with van der Waals surface area (Å²) < 4.78 is 16.8. The smallest absolute Gasteiger partial charge is 0.306 e. The van der Waals surface area contributed by atoms with Gasteiger partial charge in [0.25, 0.3) is 0 Å². The maximum absolute atomic E-state index is 12.8. The highest BCUT2D eigenvalue weighted by atomic mass is 16.6. The molecule has 75 heavy (non-hydrogen) atoms. The van der Waals surface area contributed by atoms with Crippen molar-refractivity contribution >= 4 is 17.9 Å². The van der Waals surface area contributed by atoms with Crippen molar-refractivity contribution in [3.8, 4) is 0 Å². The number of hydrogen-bond donors (Lipinski definition) is 0. The maximum Gasteiger partial charge on any atom is 0.306 e. The van der Waals surface area contributed by atoms with Gasteiger partial charge in [-0.25, -0.2) is 0 Å². The first-order valence-corrected chi connectivity index (χ1v) is 31.7. The summed E-state index contributed by atoms with van der Waals surface area (Å²) >= 11 is 0. The first-order valence-electron chi connectivity index (χ1n) is 31.7. The number of unbranched alkanes of at least 4 members (excludes halogenated alkanes) is 30. The number of carbonyl (C=O) groups is 3. The van der Waals surface area contributed by atoms with E-state index in [1.807, 2.05) is 0 Å². The fourth-order valence-electron chi connectivity index (χ4n) is 8.90. The van der Waals surface area contributed by atoms with Crippen LogP contribution in [0.2, 0.25) is 0 Å². The number of ether oxygens (including phenoxy) is 3. The highest BCUT2D eigenvalue weighted by Crippen LogP contribution is 2.17. The van der Waals surface area contributed by atoms with Gasteiger partial charge >= 0.3 is 17.9 Å². The van der Waals surface area contributed by atoms with Crippen molar-refractivity contribution in [2.45, 2.75) is 309 Å². The van der Waals surface area contributed by atoms with E-state index >= 15 is 0 Å². The van der Waals surface area contributed by atoms with Crippen molar-refractivity contribution in [2.75, 3.05) is 13.2 Å². The molecule has 0 spiro atoms. The molecular formula is C69H118O6. The largest absolute Gasteiger partial charge is 0.462 e. The lowest BCUT2D eigenvalue weighted by Crippen LogP contribution is -2.30. The molecular weight excluding hydrogens is 925 g/mol. The first kappa shape index (κ1) is 71.3. The van der Waals surface area contributed by atoms with Gasteiger partial charge in [-0.1, -0.05) is 285 Å². The fourth-order valence-corrected chi connectivity index (χ4v) is 8.90. The summed E-state index contributed by atoms with van der Waals surface area (Å²) in [6, 6.07) is 0. The van der Waals surface area contributed by atoms with E-state index in [1.54, 1.807) is 0 Å². The van der Waals surface area contributed by atoms with Crippen LogP contribution in [0.1, 0.15) is 303 Å². The van der Waals surface area contributed by atoms with Crippen LogP contribution < -0.4 is 0 Å². The van der Waals surface area contributed by atoms with Gasteiger partial charge in [-0.05, 0) is 96.3 Å². The van der Waals surface area contributed by atoms with Crippen molar-refractivity contribution < 1.29 is 28.6 Å². The van der Waals surface area contributed by atoms with Gasteiger partial charge in [0.1, 0.15) is 13.2 Å². The number of hydrogen-bond acceptors (Lipinski definition) is 6. The predicted octanol–water partition coefficient (Wildman–Crippen LogP) is 21.7. The molecule has 0 saturated heterocycles. The second-order valence-corrected chi connectivity index (χ2v) is 20.9. The van der Waals surface area contributed by atoms with Gasteiger partial charge in [-0.3, -0.25) is 14.4 Å². The van der Waals surface area contributed by atoms with Crippen molar-refractivity contribution in [2.24, 2.45) is 0 Å². The molecule has 0 N–H and O–H groups in total. The Hall–Kier alpha value is -3.67. The van der Waals surface area contributed by atoms with Gasteiger partial charge in [-0.15, -0.1) is 0 Å². The third-order valence-corrected chi connectivity index (χ3v) is 13.6. The summed E-state index contributed by atoms with van der Waals surface area (Å²) in [5.74, 6) is -0.896. The Morgan fingerprint density at radius 3 is 0.813 bits per heavy atom. The van der Waals surface area contributed by atoms with Crippen molar-refractivity contribution in [3.63, 3.8) is 0 Å². The highest BCUT2D eigenvalue weighted by molar-refractivity contribution is 5.71. The average Bonchev–Trinajstić information content (AvgIpc) is 3.41. The Balaban J connectivity index is 3.98. The minimum Gasteiger partial charge on any atom is -0.462 e. The van der Waals surface area contributed by atoms with Crippen LogP contribution in [0.15, 0.2) is 97.2 Å². The van der Waals surface area contributed by atoms with E-state index in [-0.39, 0.29) is 31.1 Å². The molecule has 0 aromatic rings. The van der Waals surface area contributed by atoms with Gasteiger partial charge in [0.05, 0.1) is 0 Å². The molecule has 0 aliphatic rings. The van der Waals surface area contributed by atoms with E-state index in [2.05, 4.69) is 118 Å². The van der Waals surface area contributed by atoms with E-state index in [0.29, 0.717) is 19.3 Å². The quantitative estimate of drug-likeness (QED) is 0.0261. The molecule has 0 aromatic carbocycles. The topological polar surface area (TPSA) is 78.9 Å². The summed E-state index contributed by atoms with van der Waals surface area (Å²) in [5, 5.41) is 0. The Labute approximate surface area is 464 Å². The van der Waals surface area contributed by atoms with Crippen LogP contribution in [0.25, 0.3) is 0 Å². The third kappa shape index (κ3) is 61.1. The first-order chi connectivity index (χ1) is 37.0. The molecule has 1 atom stereocenters. The van der Waals surface area contributed by atoms with Gasteiger partial charge in [0, 0.05) is 19.3 Å². The van der Waals surface area contributed by atoms with Crippen LogP contribution in [0.5, 0.6) is 0 Å². The predicted molar refractivity (Wildman–Crippen MR) is 325 cm³/mol. The van der Waals surface area contributed by atoms with Crippen molar-refractivity contribution in [1.29, 1.82) is 0 Å². The summed E-state index contributed by atoms with van der Waals surface area (Å²) in [5.41, 5.74) is 0. The molecule has 430 valence electrons. The molecule has 0 radical (unpaired) electrons. The summed E-state index contributed by atoms with van der Waals surface area (Å²) in [6.07, 6.45) is 84.6. The maximum atomic E-state index is 12.8. The standard InChI is InChI=1S/C69H118O6/c1-4-7-10-13-16-18-20-22-24-25-26-27-28-29-30-31-32-33-34-35-36-37-38-39-40-41-42-43-45-46-48-50-53-56-59-62-68(71)74-65-66(64-73-67(70)61-58-55-52-15-12-9-6-3)75-69(72)63-60-57-54-51-49-47-44-23-21-19-17-14-11-8-5-2/h7-8,10-11,16-19,22-24,26-27,29-30,44,66H,4-6,9,12-15,20-21,25,28,31-43,45-65H2,1-3H3/b10-7-,11-8-,18-16-,19-17-,24-22-,27-26-,30-29-,44-23-. The van der Waals surface area contributed by atoms with Crippen LogP contribution in [0, 0.1) is 0 Å². The fraction of sp³-hybridized carbons (Fsp3) is 0.725. The number of rotatable bonds is 57. The summed E-state index contributed by atoms with van der Waals surface area (Å²) in [4.78, 5) is 38.0. The molecule has 0 aliphatic heterocycles. The van der Waals surface area contributed by atoms with Gasteiger partial charge < -0.3 is 14.2 Å². The zero-order valence-corrected chi connectivity index (χ0v) is 49.3. The van der Waals surface area contributed by atoms with Crippen molar-refractivity contribution in [3.05, 3.63) is 97.2 Å². The van der Waals surface area contributed by atoms with E-state index in [4.69, 9.17) is 14.2 Å². The van der Waals surface area contributed by atoms with E-state index in [1.165, 1.54) is 135 Å². The van der Waals surface area contributed by atoms with E-state index in [9.17, 15) is 14.4 Å². The lowest BCUT2D eigenvalue weighted by Gasteiger charge is -2.18. The molecule has 0 bridgehead atoms. The third-order valence-electron chi connectivity index (χ3n) is 13.6. The Kier molecular flexibility index (Phi) is 59.8. The normalized spacial score (nSPS) is 12.7. The molecule has 0 aliphatic carbocycles. The Morgan fingerprint density at radius 1 is 0.280 bits per heavy atom. The molecule has 0 rings (SSSR count). The number of carbonyl (C=O) groups excluding carboxylic acids is 3. The molecule has 0 saturated carbocycles. The molecule has 6 nitrogen and oxygen atoms in total. The van der Waals surface area contributed by atoms with Gasteiger partial charge in [0.15, 0.2) is 6.10 Å². The van der Waals surface area contributed by atoms with Crippen molar-refractivity contribution in [1.82, 2.24) is 0 Å². The van der Waals surface area contributed by atoms with Crippen LogP contribution in [0.3, 0.4) is 0 Å². The monoisotopic (exact) mass is 1040 g/mol. The van der Waals surface area contributed by atoms with Crippen LogP contribution in [0.4, 0.5) is 0 Å². The number of esters is 3. The lowest BCUT2D eigenvalue weighted by molar-refractivity contribution is -0.167. The SMILES string of the molecule is CC/C=C\C/C=C\C/C=C\C/C=C\C/C=C\CCCCCCCCCCCCCCCCCCCCCC(=O)OCC(COC(=O)CCCCCCCCC)OC(=O)CCCCCCC/C=C\C/C=C\C/C=C\CC. The van der Waals surface area contributed by atoms with Crippen LogP contribution >= 0.6 is 0 Å². The van der Waals surface area contributed by atoms with Crippen LogP contribution in [-0.2, 0) is 28.6 Å². The lowest BCUT2D eigenvalue weighted by atomic mass is 10.0. The summed E-state index contributed by atoms with van der Waals surface area (Å²) in [6.45, 7) is 6.37. The highest BCUT2D eigenvalue weighted by Gasteiger charge is 2.19. The Bertz CT molecular complexity index is 1480. The second-order valence-electron chi connectivity index (χ2n) is 20.9. The van der Waals surface area contributed by atoms with E-state index in [0.717, 1.165) is 128 Å². The molecule has 6 heteroatoms. The molecule has 0 heterocycles. The molecule has 0 amide bonds. The summed E-state index contributed by atoms with van der Waals surface area (Å²) in [7, 11) is 0. The zero-order valence-electron chi connectivity index (χ0n) is 49.3. The molecule has 0 fully saturated rings. The van der Waals surface area contributed by atoms with Gasteiger partial charge in [-0.2, -0.15) is 0 Å². The van der Waals surface area contributed by atoms with Gasteiger partial charge in [0.2, 0.25) is 0 Å². The zero-order chi connectivity index (χ0) is 54.3. The van der Waals surface area contributed by atoms with E-state index < -0.39 is 6.10 Å². The Morgan fingerprint density at radius 2 is 0.520 bits per heavy atom. The average molecular weight is 1040 g/mol.